The molecule has 5 rings (SSSR count). The van der Waals surface area contributed by atoms with E-state index in [0.29, 0.717) is 29.1 Å². The van der Waals surface area contributed by atoms with Crippen LogP contribution in [0, 0.1) is 5.82 Å². The molecule has 0 fully saturated rings. The number of fused-ring (bicyclic) bond motifs is 1. The number of hydrogen-bond donors (Lipinski definition) is 2. The molecule has 0 radical (unpaired) electrons. The molecule has 7 nitrogen and oxygen atoms in total. The van der Waals surface area contributed by atoms with Crippen LogP contribution < -0.4 is 11.1 Å². The Balaban J connectivity index is 1.60. The molecule has 0 saturated heterocycles. The van der Waals surface area contributed by atoms with Crippen LogP contribution in [0.1, 0.15) is 18.5 Å². The summed E-state index contributed by atoms with van der Waals surface area (Å²) in [5, 5.41) is 3.34. The lowest BCUT2D eigenvalue weighted by Gasteiger charge is -2.15. The lowest BCUT2D eigenvalue weighted by atomic mass is 10.1. The van der Waals surface area contributed by atoms with E-state index in [-0.39, 0.29) is 11.9 Å². The Bertz CT molecular complexity index is 1380. The average Bonchev–Trinajstić information content (AvgIpc) is 3.19. The first-order valence-electron chi connectivity index (χ1n) is 10.1. The van der Waals surface area contributed by atoms with Crippen LogP contribution in [-0.2, 0) is 0 Å². The van der Waals surface area contributed by atoms with Crippen LogP contribution in [0.4, 0.5) is 16.2 Å². The summed E-state index contributed by atoms with van der Waals surface area (Å²) < 4.78 is 15.4. The van der Waals surface area contributed by atoms with Gasteiger partial charge < -0.3 is 11.1 Å². The molecule has 3 aromatic heterocycles. The zero-order chi connectivity index (χ0) is 22.1. The van der Waals surface area contributed by atoms with Gasteiger partial charge in [-0.2, -0.15) is 4.98 Å². The normalized spacial score (nSPS) is 12.1. The molecule has 0 aliphatic rings. The van der Waals surface area contributed by atoms with Gasteiger partial charge in [0, 0.05) is 11.8 Å². The molecular formula is C24H20FN7. The minimum Gasteiger partial charge on any atom is -0.384 e. The Hall–Kier alpha value is -4.33. The molecule has 0 aliphatic carbocycles. The van der Waals surface area contributed by atoms with Crippen LogP contribution >= 0.6 is 0 Å². The molecule has 1 atom stereocenters. The first kappa shape index (κ1) is 19.6. The van der Waals surface area contributed by atoms with E-state index in [0.717, 1.165) is 16.6 Å². The third-order valence-corrected chi connectivity index (χ3v) is 5.16. The van der Waals surface area contributed by atoms with Crippen molar-refractivity contribution in [3.05, 3.63) is 90.4 Å². The van der Waals surface area contributed by atoms with Crippen molar-refractivity contribution >= 4 is 22.9 Å². The maximum atomic E-state index is 13.5. The summed E-state index contributed by atoms with van der Waals surface area (Å²) in [7, 11) is 0. The number of hydrogen-bond acceptors (Lipinski definition) is 6. The van der Waals surface area contributed by atoms with E-state index in [9.17, 15) is 4.39 Å². The summed E-state index contributed by atoms with van der Waals surface area (Å²) in [6.07, 6.45) is 1.69. The minimum absolute atomic E-state index is 0.0176. The first-order valence-corrected chi connectivity index (χ1v) is 10.1. The molecule has 8 heteroatoms. The van der Waals surface area contributed by atoms with Crippen LogP contribution in [0.3, 0.4) is 0 Å². The molecule has 158 valence electrons. The van der Waals surface area contributed by atoms with Crippen LogP contribution in [-0.4, -0.2) is 24.5 Å². The number of nitrogens with two attached hydrogens (primary N) is 1. The average molecular weight is 425 g/mol. The summed E-state index contributed by atoms with van der Waals surface area (Å²) in [4.78, 5) is 18.1. The fourth-order valence-corrected chi connectivity index (χ4v) is 3.56. The quantitative estimate of drug-likeness (QED) is 0.421. The predicted octanol–water partition coefficient (Wildman–Crippen LogP) is 4.77. The number of halogens is 1. The highest BCUT2D eigenvalue weighted by Gasteiger charge is 2.17. The van der Waals surface area contributed by atoms with E-state index in [1.54, 1.807) is 30.5 Å². The van der Waals surface area contributed by atoms with Gasteiger partial charge in [0.05, 0.1) is 11.6 Å². The molecule has 3 N–H and O–H groups in total. The smallest absolute Gasteiger partial charge is 0.225 e. The highest BCUT2D eigenvalue weighted by Crippen LogP contribution is 2.28. The van der Waals surface area contributed by atoms with E-state index in [2.05, 4.69) is 27.2 Å². The van der Waals surface area contributed by atoms with Gasteiger partial charge in [-0.05, 0) is 55.0 Å². The van der Waals surface area contributed by atoms with Crippen molar-refractivity contribution in [3.8, 4) is 17.2 Å². The Kier molecular flexibility index (Phi) is 4.95. The molecule has 5 aromatic rings. The van der Waals surface area contributed by atoms with Gasteiger partial charge in [0.2, 0.25) is 5.95 Å². The van der Waals surface area contributed by atoms with Crippen LogP contribution in [0.2, 0.25) is 0 Å². The van der Waals surface area contributed by atoms with E-state index in [4.69, 9.17) is 10.7 Å². The third-order valence-electron chi connectivity index (χ3n) is 5.16. The van der Waals surface area contributed by atoms with Crippen molar-refractivity contribution in [3.63, 3.8) is 0 Å². The van der Waals surface area contributed by atoms with Gasteiger partial charge in [-0.15, -0.1) is 0 Å². The van der Waals surface area contributed by atoms with Gasteiger partial charge in [0.1, 0.15) is 23.3 Å². The van der Waals surface area contributed by atoms with Gasteiger partial charge in [0.25, 0.3) is 0 Å². The van der Waals surface area contributed by atoms with Crippen molar-refractivity contribution in [2.75, 3.05) is 11.1 Å². The minimum atomic E-state index is -0.317. The number of anilines is 2. The van der Waals surface area contributed by atoms with E-state index in [1.165, 1.54) is 12.1 Å². The number of nitrogens with zero attached hydrogens (tertiary/aromatic N) is 5. The topological polar surface area (TPSA) is 94.5 Å². The lowest BCUT2D eigenvalue weighted by molar-refractivity contribution is 0.628. The van der Waals surface area contributed by atoms with Crippen molar-refractivity contribution < 1.29 is 4.39 Å². The number of imidazole rings is 1. The maximum absolute atomic E-state index is 13.5. The fourth-order valence-electron chi connectivity index (χ4n) is 3.56. The van der Waals surface area contributed by atoms with Crippen molar-refractivity contribution in [1.82, 2.24) is 24.5 Å². The number of nitrogens with one attached hydrogen (secondary N) is 1. The summed E-state index contributed by atoms with van der Waals surface area (Å²) in [6.45, 7) is 2.05. The summed E-state index contributed by atoms with van der Waals surface area (Å²) in [5.74, 6) is 1.72. The number of nitrogen functional groups attached to an aromatic ring is 1. The Morgan fingerprint density at radius 2 is 1.69 bits per heavy atom. The second kappa shape index (κ2) is 8.07. The van der Waals surface area contributed by atoms with Gasteiger partial charge >= 0.3 is 0 Å². The van der Waals surface area contributed by atoms with Crippen molar-refractivity contribution in [2.45, 2.75) is 13.0 Å². The summed E-state index contributed by atoms with van der Waals surface area (Å²) in [6, 6.07) is 21.6. The summed E-state index contributed by atoms with van der Waals surface area (Å²) in [5.41, 5.74) is 8.94. The lowest BCUT2D eigenvalue weighted by Crippen LogP contribution is -2.11. The monoisotopic (exact) mass is 425 g/mol. The highest BCUT2D eigenvalue weighted by molar-refractivity contribution is 5.81. The SMILES string of the molecule is C[C@H](Nc1nccc(-n2c(-c3ccc(F)cc3)nc3nc(N)ccc32)n1)c1ccccc1. The van der Waals surface area contributed by atoms with E-state index in [1.807, 2.05) is 41.0 Å². The van der Waals surface area contributed by atoms with Crippen LogP contribution in [0.15, 0.2) is 79.0 Å². The largest absolute Gasteiger partial charge is 0.384 e. The third kappa shape index (κ3) is 3.74. The van der Waals surface area contributed by atoms with Crippen molar-refractivity contribution in [2.24, 2.45) is 0 Å². The Labute approximate surface area is 183 Å². The standard InChI is InChI=1S/C24H20FN7/c1-15(16-5-3-2-4-6-16)28-24-27-14-13-21(30-24)32-19-11-12-20(26)29-22(19)31-23(32)17-7-9-18(25)10-8-17/h2-15H,1H3,(H2,26,29)(H,27,28,30)/t15-/m0/s1. The van der Waals surface area contributed by atoms with Gasteiger partial charge in [-0.3, -0.25) is 4.57 Å². The molecular weight excluding hydrogens is 405 g/mol. The fraction of sp³-hybridized carbons (Fsp3) is 0.0833. The zero-order valence-corrected chi connectivity index (χ0v) is 17.3. The number of aromatic nitrogens is 5. The Morgan fingerprint density at radius 1 is 0.906 bits per heavy atom. The highest BCUT2D eigenvalue weighted by atomic mass is 19.1. The zero-order valence-electron chi connectivity index (χ0n) is 17.3. The van der Waals surface area contributed by atoms with Crippen LogP contribution in [0.25, 0.3) is 28.4 Å². The molecule has 0 aliphatic heterocycles. The predicted molar refractivity (Wildman–Crippen MR) is 123 cm³/mol. The molecule has 3 heterocycles. The first-order chi connectivity index (χ1) is 15.6. The second-order valence-corrected chi connectivity index (χ2v) is 7.37. The molecule has 0 unspecified atom stereocenters. The molecule has 0 bridgehead atoms. The number of rotatable bonds is 5. The number of benzene rings is 2. The van der Waals surface area contributed by atoms with Gasteiger partial charge in [-0.1, -0.05) is 30.3 Å². The van der Waals surface area contributed by atoms with Gasteiger partial charge in [-0.25, -0.2) is 19.3 Å². The van der Waals surface area contributed by atoms with Crippen molar-refractivity contribution in [1.29, 1.82) is 0 Å². The maximum Gasteiger partial charge on any atom is 0.225 e. The molecule has 0 amide bonds. The molecule has 0 saturated carbocycles. The van der Waals surface area contributed by atoms with Crippen LogP contribution in [0.5, 0.6) is 0 Å². The number of pyridine rings is 1. The molecule has 0 spiro atoms. The van der Waals surface area contributed by atoms with E-state index < -0.39 is 0 Å². The van der Waals surface area contributed by atoms with Gasteiger partial charge in [0.15, 0.2) is 5.65 Å². The molecule has 2 aromatic carbocycles. The molecule has 32 heavy (non-hydrogen) atoms. The Morgan fingerprint density at radius 3 is 2.47 bits per heavy atom. The van der Waals surface area contributed by atoms with E-state index >= 15 is 0 Å². The summed E-state index contributed by atoms with van der Waals surface area (Å²) >= 11 is 0. The second-order valence-electron chi connectivity index (χ2n) is 7.37.